The lowest BCUT2D eigenvalue weighted by atomic mass is 9.85. The van der Waals surface area contributed by atoms with Crippen LogP contribution < -0.4 is 16.7 Å². The van der Waals surface area contributed by atoms with E-state index < -0.39 is 5.91 Å². The molecule has 9 nitrogen and oxygen atoms in total. The number of fused-ring (bicyclic) bond motifs is 1. The number of halogens is 1. The van der Waals surface area contributed by atoms with Gasteiger partial charge in [0, 0.05) is 18.8 Å². The van der Waals surface area contributed by atoms with Crippen LogP contribution in [0.5, 0.6) is 0 Å². The maximum absolute atomic E-state index is 13.5. The van der Waals surface area contributed by atoms with Crippen LogP contribution in [0.3, 0.4) is 0 Å². The Morgan fingerprint density at radius 3 is 2.46 bits per heavy atom. The van der Waals surface area contributed by atoms with Crippen LogP contribution in [0.2, 0.25) is 5.02 Å². The van der Waals surface area contributed by atoms with Crippen molar-refractivity contribution in [1.82, 2.24) is 24.4 Å². The maximum atomic E-state index is 13.5. The average Bonchev–Trinajstić information content (AvgIpc) is 3.17. The number of nitrogens with two attached hydrogens (primary N) is 1. The van der Waals surface area contributed by atoms with Gasteiger partial charge in [0.25, 0.3) is 11.8 Å². The van der Waals surface area contributed by atoms with Crippen molar-refractivity contribution in [2.45, 2.75) is 45.2 Å². The summed E-state index contributed by atoms with van der Waals surface area (Å²) in [4.78, 5) is 46.0. The molecule has 0 saturated heterocycles. The number of aryl methyl sites for hydroxylation is 1. The molecule has 5 rings (SSSR count). The number of pyridine rings is 2. The topological polar surface area (TPSA) is 125 Å². The Morgan fingerprint density at radius 2 is 1.78 bits per heavy atom. The summed E-state index contributed by atoms with van der Waals surface area (Å²) in [7, 11) is 0. The van der Waals surface area contributed by atoms with Gasteiger partial charge >= 0.3 is 5.69 Å². The minimum atomic E-state index is -0.618. The van der Waals surface area contributed by atoms with Crippen molar-refractivity contribution in [1.29, 1.82) is 0 Å². The van der Waals surface area contributed by atoms with E-state index in [4.69, 9.17) is 17.3 Å². The van der Waals surface area contributed by atoms with Crippen LogP contribution in [0.25, 0.3) is 16.7 Å². The molecule has 3 aromatic heterocycles. The summed E-state index contributed by atoms with van der Waals surface area (Å²) in [5, 5.41) is 3.55. The van der Waals surface area contributed by atoms with Gasteiger partial charge in [-0.05, 0) is 68.9 Å². The molecule has 1 saturated carbocycles. The van der Waals surface area contributed by atoms with Crippen LogP contribution in [0.15, 0.2) is 59.7 Å². The first-order valence-corrected chi connectivity index (χ1v) is 12.6. The molecular weight excluding hydrogens is 492 g/mol. The van der Waals surface area contributed by atoms with Crippen LogP contribution in [0.4, 0.5) is 0 Å². The van der Waals surface area contributed by atoms with Crippen molar-refractivity contribution < 1.29 is 9.59 Å². The van der Waals surface area contributed by atoms with E-state index in [9.17, 15) is 14.4 Å². The molecule has 0 unspecified atom stereocenters. The number of carbonyl (C=O) groups is 2. The molecule has 3 heterocycles. The van der Waals surface area contributed by atoms with Gasteiger partial charge in [0.1, 0.15) is 5.69 Å². The van der Waals surface area contributed by atoms with Crippen molar-refractivity contribution in [2.75, 3.05) is 0 Å². The van der Waals surface area contributed by atoms with E-state index in [1.54, 1.807) is 23.6 Å². The van der Waals surface area contributed by atoms with Crippen LogP contribution in [0, 0.1) is 12.8 Å². The number of rotatable bonds is 6. The average molecular weight is 519 g/mol. The first kappa shape index (κ1) is 24.7. The predicted octanol–water partition coefficient (Wildman–Crippen LogP) is 3.63. The molecule has 10 heteroatoms. The SMILES string of the molecule is Cc1ncc(Cl)cc1C(=O)N[C@H]1CC[C@H](Cn2c(=O)n(-c3ccc(C(N)=O)nc3)c3ccccc32)CC1. The molecule has 0 radical (unpaired) electrons. The number of hydrogen-bond acceptors (Lipinski definition) is 5. The number of para-hydroxylation sites is 2. The monoisotopic (exact) mass is 518 g/mol. The number of hydrogen-bond donors (Lipinski definition) is 2. The van der Waals surface area contributed by atoms with E-state index in [1.807, 2.05) is 28.8 Å². The Bertz CT molecular complexity index is 1530. The fourth-order valence-electron chi connectivity index (χ4n) is 5.05. The van der Waals surface area contributed by atoms with E-state index >= 15 is 0 Å². The highest BCUT2D eigenvalue weighted by Gasteiger charge is 2.25. The Labute approximate surface area is 218 Å². The van der Waals surface area contributed by atoms with Gasteiger partial charge in [-0.25, -0.2) is 9.78 Å². The molecule has 190 valence electrons. The fraction of sp³-hybridized carbons (Fsp3) is 0.296. The molecule has 0 atom stereocenters. The van der Waals surface area contributed by atoms with E-state index in [-0.39, 0.29) is 23.3 Å². The zero-order valence-electron chi connectivity index (χ0n) is 20.4. The second-order valence-corrected chi connectivity index (χ2v) is 9.90. The molecule has 0 bridgehead atoms. The van der Waals surface area contributed by atoms with Crippen LogP contribution in [-0.4, -0.2) is 37.0 Å². The number of nitrogens with zero attached hydrogens (tertiary/aromatic N) is 4. The molecule has 0 spiro atoms. The van der Waals surface area contributed by atoms with E-state index in [0.717, 1.165) is 36.7 Å². The van der Waals surface area contributed by atoms with Crippen molar-refractivity contribution in [3.8, 4) is 5.69 Å². The number of primary amides is 1. The van der Waals surface area contributed by atoms with Gasteiger partial charge in [0.05, 0.1) is 39.2 Å². The number of amides is 2. The first-order chi connectivity index (χ1) is 17.8. The molecule has 1 aliphatic carbocycles. The third-order valence-corrected chi connectivity index (χ3v) is 7.22. The van der Waals surface area contributed by atoms with Gasteiger partial charge in [-0.15, -0.1) is 0 Å². The molecule has 1 fully saturated rings. The predicted molar refractivity (Wildman–Crippen MR) is 141 cm³/mol. The van der Waals surface area contributed by atoms with Crippen LogP contribution in [-0.2, 0) is 6.54 Å². The number of aromatic nitrogens is 4. The van der Waals surface area contributed by atoms with Gasteiger partial charge in [-0.1, -0.05) is 23.7 Å². The molecule has 0 aliphatic heterocycles. The largest absolute Gasteiger partial charge is 0.364 e. The summed E-state index contributed by atoms with van der Waals surface area (Å²) in [6.45, 7) is 2.37. The van der Waals surface area contributed by atoms with Gasteiger partial charge in [-0.2, -0.15) is 0 Å². The second-order valence-electron chi connectivity index (χ2n) is 9.46. The van der Waals surface area contributed by atoms with Crippen LogP contribution >= 0.6 is 11.6 Å². The van der Waals surface area contributed by atoms with Gasteiger partial charge in [0.2, 0.25) is 0 Å². The molecule has 2 amide bonds. The van der Waals surface area contributed by atoms with E-state index in [1.165, 1.54) is 18.5 Å². The fourth-order valence-corrected chi connectivity index (χ4v) is 5.20. The third-order valence-electron chi connectivity index (χ3n) is 7.02. The standard InChI is InChI=1S/C27H27ClN6O3/c1-16-21(12-18(28)13-30-16)26(36)32-19-8-6-17(7-9-19)15-33-23-4-2-3-5-24(23)34(27(33)37)20-10-11-22(25(29)35)31-14-20/h2-5,10-14,17,19H,6-9,15H2,1H3,(H2,29,35)(H,32,36)/t17-,19-. The lowest BCUT2D eigenvalue weighted by molar-refractivity contribution is 0.0918. The van der Waals surface area contributed by atoms with Crippen molar-refractivity contribution >= 4 is 34.4 Å². The molecule has 1 aliphatic rings. The molecule has 4 aromatic rings. The van der Waals surface area contributed by atoms with Crippen molar-refractivity contribution in [2.24, 2.45) is 11.7 Å². The molecule has 3 N–H and O–H groups in total. The Balaban J connectivity index is 1.31. The summed E-state index contributed by atoms with van der Waals surface area (Å²) < 4.78 is 3.42. The lowest BCUT2D eigenvalue weighted by Gasteiger charge is -2.29. The normalized spacial score (nSPS) is 17.6. The summed E-state index contributed by atoms with van der Waals surface area (Å²) in [6, 6.07) is 12.5. The molecule has 37 heavy (non-hydrogen) atoms. The summed E-state index contributed by atoms with van der Waals surface area (Å²) in [6.07, 6.45) is 6.45. The van der Waals surface area contributed by atoms with Crippen molar-refractivity contribution in [3.63, 3.8) is 0 Å². The minimum Gasteiger partial charge on any atom is -0.364 e. The Kier molecular flexibility index (Phi) is 6.80. The van der Waals surface area contributed by atoms with Gasteiger partial charge < -0.3 is 11.1 Å². The summed E-state index contributed by atoms with van der Waals surface area (Å²) >= 11 is 6.02. The zero-order chi connectivity index (χ0) is 26.1. The zero-order valence-corrected chi connectivity index (χ0v) is 21.1. The number of carbonyl (C=O) groups excluding carboxylic acids is 2. The Morgan fingerprint density at radius 1 is 1.05 bits per heavy atom. The Hall–Kier alpha value is -3.98. The van der Waals surface area contributed by atoms with E-state index in [2.05, 4.69) is 15.3 Å². The quantitative estimate of drug-likeness (QED) is 0.403. The smallest absolute Gasteiger partial charge is 0.333 e. The maximum Gasteiger partial charge on any atom is 0.333 e. The summed E-state index contributed by atoms with van der Waals surface area (Å²) in [5.74, 6) is -0.478. The summed E-state index contributed by atoms with van der Waals surface area (Å²) in [5.41, 5.74) is 8.61. The second kappa shape index (κ2) is 10.2. The van der Waals surface area contributed by atoms with Gasteiger partial charge in [0.15, 0.2) is 0 Å². The van der Waals surface area contributed by atoms with E-state index in [0.29, 0.717) is 34.4 Å². The van der Waals surface area contributed by atoms with Crippen molar-refractivity contribution in [3.05, 3.63) is 87.3 Å². The molecule has 1 aromatic carbocycles. The highest BCUT2D eigenvalue weighted by Crippen LogP contribution is 2.28. The molecular formula is C27H27ClN6O3. The first-order valence-electron chi connectivity index (χ1n) is 12.2. The number of imidazole rings is 1. The minimum absolute atomic E-state index is 0.0649. The number of benzene rings is 1. The van der Waals surface area contributed by atoms with Gasteiger partial charge in [-0.3, -0.25) is 23.7 Å². The highest BCUT2D eigenvalue weighted by molar-refractivity contribution is 6.30. The highest BCUT2D eigenvalue weighted by atomic mass is 35.5. The third kappa shape index (κ3) is 4.99. The lowest BCUT2D eigenvalue weighted by Crippen LogP contribution is -2.39. The van der Waals surface area contributed by atoms with Crippen LogP contribution in [0.1, 0.15) is 52.2 Å². The number of nitrogens with one attached hydrogen (secondary N) is 1.